The molecule has 0 radical (unpaired) electrons. The Morgan fingerprint density at radius 2 is 2.11 bits per heavy atom. The standard InChI is InChI=1S/C22H28N4O2/c1-16(27)26-13-8-18-17-6-5-7-19(28-2)20(17)24-21(18)22(26)9-14-25(15-10-22)12-4-3-11-23/h5-7,24H,3-4,8-10,12-15H2,1-2H3. The van der Waals surface area contributed by atoms with E-state index in [4.69, 9.17) is 10.00 Å². The van der Waals surface area contributed by atoms with Gasteiger partial charge in [-0.3, -0.25) is 4.79 Å². The maximum Gasteiger partial charge on any atom is 0.220 e. The van der Waals surface area contributed by atoms with E-state index in [1.165, 1.54) is 16.6 Å². The van der Waals surface area contributed by atoms with Crippen molar-refractivity contribution < 1.29 is 9.53 Å². The number of nitrogens with one attached hydrogen (secondary N) is 1. The maximum atomic E-state index is 12.6. The van der Waals surface area contributed by atoms with Crippen LogP contribution in [0.15, 0.2) is 18.2 Å². The first-order valence-electron chi connectivity index (χ1n) is 10.2. The van der Waals surface area contributed by atoms with Crippen molar-refractivity contribution in [1.82, 2.24) is 14.8 Å². The molecule has 0 atom stereocenters. The van der Waals surface area contributed by atoms with E-state index < -0.39 is 0 Å². The zero-order valence-corrected chi connectivity index (χ0v) is 16.8. The van der Waals surface area contributed by atoms with Crippen LogP contribution in [0.5, 0.6) is 5.75 Å². The number of hydrogen-bond acceptors (Lipinski definition) is 4. The van der Waals surface area contributed by atoms with Crippen molar-refractivity contribution in [1.29, 1.82) is 5.26 Å². The van der Waals surface area contributed by atoms with E-state index in [9.17, 15) is 4.79 Å². The van der Waals surface area contributed by atoms with E-state index in [0.29, 0.717) is 6.42 Å². The van der Waals surface area contributed by atoms with Gasteiger partial charge < -0.3 is 19.5 Å². The molecule has 0 unspecified atom stereocenters. The molecular weight excluding hydrogens is 352 g/mol. The number of nitrogens with zero attached hydrogens (tertiary/aromatic N) is 3. The van der Waals surface area contributed by atoms with Gasteiger partial charge in [0, 0.05) is 44.1 Å². The fraction of sp³-hybridized carbons (Fsp3) is 0.545. The van der Waals surface area contributed by atoms with Crippen LogP contribution in [0, 0.1) is 11.3 Å². The highest BCUT2D eigenvalue weighted by Gasteiger charge is 2.47. The number of fused-ring (bicyclic) bond motifs is 4. The molecule has 1 saturated heterocycles. The first-order chi connectivity index (χ1) is 13.6. The average molecular weight is 380 g/mol. The van der Waals surface area contributed by atoms with Gasteiger partial charge in [0.05, 0.1) is 24.2 Å². The summed E-state index contributed by atoms with van der Waals surface area (Å²) in [6, 6.07) is 8.40. The summed E-state index contributed by atoms with van der Waals surface area (Å²) in [5, 5.41) is 10.0. The van der Waals surface area contributed by atoms with Gasteiger partial charge in [0.25, 0.3) is 0 Å². The van der Waals surface area contributed by atoms with Crippen LogP contribution in [-0.2, 0) is 16.8 Å². The molecule has 2 aromatic rings. The van der Waals surface area contributed by atoms with Crippen molar-refractivity contribution in [2.24, 2.45) is 0 Å². The van der Waals surface area contributed by atoms with Gasteiger partial charge in [-0.15, -0.1) is 0 Å². The summed E-state index contributed by atoms with van der Waals surface area (Å²) < 4.78 is 5.58. The van der Waals surface area contributed by atoms with Crippen LogP contribution in [0.2, 0.25) is 0 Å². The lowest BCUT2D eigenvalue weighted by Gasteiger charge is -2.51. The number of aromatic nitrogens is 1. The number of aromatic amines is 1. The van der Waals surface area contributed by atoms with Crippen molar-refractivity contribution in [2.75, 3.05) is 33.3 Å². The number of benzene rings is 1. The molecular formula is C22H28N4O2. The van der Waals surface area contributed by atoms with E-state index in [1.54, 1.807) is 14.0 Å². The van der Waals surface area contributed by atoms with Crippen molar-refractivity contribution in [2.45, 2.75) is 44.6 Å². The number of ether oxygens (including phenoxy) is 1. The second-order valence-electron chi connectivity index (χ2n) is 7.92. The zero-order valence-electron chi connectivity index (χ0n) is 16.8. The predicted molar refractivity (Wildman–Crippen MR) is 108 cm³/mol. The van der Waals surface area contributed by atoms with Crippen LogP contribution in [0.4, 0.5) is 0 Å². The zero-order chi connectivity index (χ0) is 19.7. The number of para-hydroxylation sites is 1. The molecule has 0 aliphatic carbocycles. The van der Waals surface area contributed by atoms with Crippen LogP contribution in [0.1, 0.15) is 43.9 Å². The normalized spacial score (nSPS) is 18.8. The number of amides is 1. The fourth-order valence-electron chi connectivity index (χ4n) is 5.15. The molecule has 148 valence electrons. The van der Waals surface area contributed by atoms with E-state index in [-0.39, 0.29) is 11.4 Å². The highest BCUT2D eigenvalue weighted by Crippen LogP contribution is 2.46. The lowest BCUT2D eigenvalue weighted by molar-refractivity contribution is -0.139. The summed E-state index contributed by atoms with van der Waals surface area (Å²) in [4.78, 5) is 20.7. The van der Waals surface area contributed by atoms with Gasteiger partial charge in [-0.2, -0.15) is 5.26 Å². The van der Waals surface area contributed by atoms with Gasteiger partial charge in [0.2, 0.25) is 5.91 Å². The van der Waals surface area contributed by atoms with Gasteiger partial charge in [-0.25, -0.2) is 0 Å². The Balaban J connectivity index is 1.72. The second kappa shape index (κ2) is 7.48. The molecule has 1 spiro atoms. The van der Waals surface area contributed by atoms with Gasteiger partial charge in [-0.1, -0.05) is 12.1 Å². The maximum absolute atomic E-state index is 12.6. The molecule has 3 heterocycles. The smallest absolute Gasteiger partial charge is 0.220 e. The number of rotatable bonds is 4. The summed E-state index contributed by atoms with van der Waals surface area (Å²) in [5.41, 5.74) is 3.31. The topological polar surface area (TPSA) is 72.4 Å². The Morgan fingerprint density at radius 1 is 1.32 bits per heavy atom. The summed E-state index contributed by atoms with van der Waals surface area (Å²) in [6.45, 7) is 5.30. The lowest BCUT2D eigenvalue weighted by Crippen LogP contribution is -2.57. The summed E-state index contributed by atoms with van der Waals surface area (Å²) in [5.74, 6) is 1.000. The summed E-state index contributed by atoms with van der Waals surface area (Å²) in [6.07, 6.45) is 4.22. The second-order valence-corrected chi connectivity index (χ2v) is 7.92. The molecule has 6 nitrogen and oxygen atoms in total. The van der Waals surface area contributed by atoms with Gasteiger partial charge in [0.15, 0.2) is 0 Å². The minimum absolute atomic E-state index is 0.147. The molecule has 6 heteroatoms. The van der Waals surface area contributed by atoms with Gasteiger partial charge in [0.1, 0.15) is 5.75 Å². The molecule has 1 fully saturated rings. The molecule has 1 amide bonds. The van der Waals surface area contributed by atoms with E-state index in [1.807, 2.05) is 12.1 Å². The number of nitriles is 1. The van der Waals surface area contributed by atoms with E-state index in [2.05, 4.69) is 26.9 Å². The average Bonchev–Trinajstić information content (AvgIpc) is 3.10. The van der Waals surface area contributed by atoms with E-state index in [0.717, 1.165) is 63.1 Å². The van der Waals surface area contributed by atoms with Crippen LogP contribution >= 0.6 is 0 Å². The summed E-state index contributed by atoms with van der Waals surface area (Å²) >= 11 is 0. The Morgan fingerprint density at radius 3 is 2.79 bits per heavy atom. The van der Waals surface area contributed by atoms with Crippen LogP contribution in [0.3, 0.4) is 0 Å². The first-order valence-corrected chi connectivity index (χ1v) is 10.2. The number of H-pyrrole nitrogens is 1. The molecule has 4 rings (SSSR count). The number of unbranched alkanes of at least 4 members (excludes halogenated alkanes) is 1. The van der Waals surface area contributed by atoms with Crippen LogP contribution in [0.25, 0.3) is 10.9 Å². The molecule has 28 heavy (non-hydrogen) atoms. The molecule has 0 bridgehead atoms. The molecule has 1 aromatic heterocycles. The third kappa shape index (κ3) is 2.94. The third-order valence-corrected chi connectivity index (χ3v) is 6.52. The number of hydrogen-bond donors (Lipinski definition) is 1. The quantitative estimate of drug-likeness (QED) is 0.827. The van der Waals surface area contributed by atoms with Crippen LogP contribution < -0.4 is 4.74 Å². The van der Waals surface area contributed by atoms with Crippen molar-refractivity contribution in [3.05, 3.63) is 29.5 Å². The first kappa shape index (κ1) is 18.8. The summed E-state index contributed by atoms with van der Waals surface area (Å²) in [7, 11) is 1.70. The highest BCUT2D eigenvalue weighted by atomic mass is 16.5. The lowest BCUT2D eigenvalue weighted by atomic mass is 9.77. The number of likely N-dealkylation sites (tertiary alicyclic amines) is 1. The number of piperidine rings is 1. The SMILES string of the molecule is COc1cccc2c3c([nH]c12)C1(CCN(CCCC#N)CC1)N(C(C)=O)CC3. The number of carbonyl (C=O) groups is 1. The molecule has 1 N–H and O–H groups in total. The van der Waals surface area contributed by atoms with Gasteiger partial charge >= 0.3 is 0 Å². The number of methoxy groups -OCH3 is 1. The fourth-order valence-corrected chi connectivity index (χ4v) is 5.15. The minimum Gasteiger partial charge on any atom is -0.495 e. The molecule has 2 aliphatic heterocycles. The largest absolute Gasteiger partial charge is 0.495 e. The predicted octanol–water partition coefficient (Wildman–Crippen LogP) is 3.18. The van der Waals surface area contributed by atoms with Gasteiger partial charge in [-0.05, 0) is 43.9 Å². The Labute approximate surface area is 166 Å². The van der Waals surface area contributed by atoms with Crippen molar-refractivity contribution in [3.63, 3.8) is 0 Å². The number of carbonyl (C=O) groups excluding carboxylic acids is 1. The van der Waals surface area contributed by atoms with E-state index >= 15 is 0 Å². The molecule has 1 aromatic carbocycles. The molecule has 2 aliphatic rings. The minimum atomic E-state index is -0.269. The Hall–Kier alpha value is -2.52. The Kier molecular flexibility index (Phi) is 5.03. The van der Waals surface area contributed by atoms with Crippen molar-refractivity contribution >= 4 is 16.8 Å². The monoisotopic (exact) mass is 380 g/mol. The van der Waals surface area contributed by atoms with Crippen LogP contribution in [-0.4, -0.2) is 54.0 Å². The Bertz CT molecular complexity index is 918. The third-order valence-electron chi connectivity index (χ3n) is 6.52. The van der Waals surface area contributed by atoms with Crippen molar-refractivity contribution in [3.8, 4) is 11.8 Å². The highest BCUT2D eigenvalue weighted by molar-refractivity contribution is 5.90. The molecule has 0 saturated carbocycles.